The normalized spacial score (nSPS) is 19.8. The summed E-state index contributed by atoms with van der Waals surface area (Å²) < 4.78 is 0. The molecule has 1 N–H and O–H groups in total. The molecule has 25 heavy (non-hydrogen) atoms. The minimum atomic E-state index is -0.0431. The zero-order chi connectivity index (χ0) is 18.0. The van der Waals surface area contributed by atoms with Gasteiger partial charge in [0.05, 0.1) is 22.4 Å². The van der Waals surface area contributed by atoms with Crippen molar-refractivity contribution in [3.8, 4) is 0 Å². The van der Waals surface area contributed by atoms with E-state index < -0.39 is 0 Å². The number of aryl methyl sites for hydroxylation is 2. The molecule has 5 nitrogen and oxygen atoms in total. The van der Waals surface area contributed by atoms with Crippen LogP contribution in [0, 0.1) is 13.8 Å². The lowest BCUT2D eigenvalue weighted by Gasteiger charge is -2.38. The van der Waals surface area contributed by atoms with Crippen molar-refractivity contribution in [1.29, 1.82) is 0 Å². The van der Waals surface area contributed by atoms with Gasteiger partial charge in [-0.1, -0.05) is 6.42 Å². The van der Waals surface area contributed by atoms with Gasteiger partial charge in [0.1, 0.15) is 0 Å². The Morgan fingerprint density at radius 3 is 2.68 bits per heavy atom. The van der Waals surface area contributed by atoms with Gasteiger partial charge in [0.25, 0.3) is 5.91 Å². The van der Waals surface area contributed by atoms with Crippen molar-refractivity contribution in [3.05, 3.63) is 35.2 Å². The molecule has 5 heteroatoms. The number of carbonyl (C=O) groups is 1. The quantitative estimate of drug-likeness (QED) is 0.928. The molecule has 2 heterocycles. The summed E-state index contributed by atoms with van der Waals surface area (Å²) in [6.07, 6.45) is 3.82. The molecule has 0 spiro atoms. The van der Waals surface area contributed by atoms with Crippen LogP contribution in [0.4, 0.5) is 0 Å². The van der Waals surface area contributed by atoms with E-state index in [1.54, 1.807) is 0 Å². The number of benzene rings is 1. The van der Waals surface area contributed by atoms with Gasteiger partial charge in [0.2, 0.25) is 0 Å². The molecular weight excluding hydrogens is 312 g/mol. The third-order valence-corrected chi connectivity index (χ3v) is 5.32. The maximum atomic E-state index is 12.5. The van der Waals surface area contributed by atoms with E-state index in [-0.39, 0.29) is 5.91 Å². The highest BCUT2D eigenvalue weighted by Crippen LogP contribution is 2.19. The van der Waals surface area contributed by atoms with Crippen LogP contribution in [-0.4, -0.2) is 45.9 Å². The van der Waals surface area contributed by atoms with Crippen LogP contribution >= 0.6 is 0 Å². The predicted octanol–water partition coefficient (Wildman–Crippen LogP) is 3.24. The fourth-order valence-corrected chi connectivity index (χ4v) is 3.61. The molecule has 0 unspecified atom stereocenters. The molecule has 0 bridgehead atoms. The third-order valence-electron chi connectivity index (χ3n) is 5.32. The van der Waals surface area contributed by atoms with E-state index in [2.05, 4.69) is 34.0 Å². The maximum Gasteiger partial charge on any atom is 0.251 e. The molecule has 1 amide bonds. The minimum absolute atomic E-state index is 0.0431. The van der Waals surface area contributed by atoms with Crippen molar-refractivity contribution in [1.82, 2.24) is 20.2 Å². The van der Waals surface area contributed by atoms with Crippen molar-refractivity contribution in [2.24, 2.45) is 0 Å². The van der Waals surface area contributed by atoms with Crippen molar-refractivity contribution in [2.45, 2.75) is 59.0 Å². The van der Waals surface area contributed by atoms with Gasteiger partial charge in [-0.3, -0.25) is 9.69 Å². The van der Waals surface area contributed by atoms with Crippen molar-refractivity contribution >= 4 is 16.9 Å². The second-order valence-electron chi connectivity index (χ2n) is 7.24. The second kappa shape index (κ2) is 7.48. The first kappa shape index (κ1) is 17.8. The average molecular weight is 340 g/mol. The van der Waals surface area contributed by atoms with Crippen LogP contribution in [0.15, 0.2) is 18.2 Å². The van der Waals surface area contributed by atoms with Crippen molar-refractivity contribution in [2.75, 3.05) is 13.1 Å². The van der Waals surface area contributed by atoms with E-state index in [0.717, 1.165) is 29.0 Å². The van der Waals surface area contributed by atoms with E-state index in [9.17, 15) is 4.79 Å². The number of nitrogens with one attached hydrogen (secondary N) is 1. The Labute approximate surface area is 149 Å². The van der Waals surface area contributed by atoms with Gasteiger partial charge in [-0.25, -0.2) is 9.97 Å². The van der Waals surface area contributed by atoms with E-state index in [1.807, 2.05) is 32.0 Å². The third kappa shape index (κ3) is 3.98. The maximum absolute atomic E-state index is 12.5. The van der Waals surface area contributed by atoms with Gasteiger partial charge in [0, 0.05) is 24.2 Å². The Balaban J connectivity index is 1.66. The number of hydrogen-bond acceptors (Lipinski definition) is 4. The van der Waals surface area contributed by atoms with Crippen LogP contribution in [0.1, 0.15) is 54.9 Å². The molecule has 1 saturated heterocycles. The molecule has 134 valence electrons. The minimum Gasteiger partial charge on any atom is -0.350 e. The van der Waals surface area contributed by atoms with Crippen molar-refractivity contribution in [3.63, 3.8) is 0 Å². The highest BCUT2D eigenvalue weighted by Gasteiger charge is 2.23. The lowest BCUT2D eigenvalue weighted by Crippen LogP contribution is -2.48. The first-order chi connectivity index (χ1) is 12.0. The zero-order valence-electron chi connectivity index (χ0n) is 15.7. The molecule has 1 fully saturated rings. The summed E-state index contributed by atoms with van der Waals surface area (Å²) in [6, 6.07) is 6.49. The largest absolute Gasteiger partial charge is 0.350 e. The van der Waals surface area contributed by atoms with Crippen LogP contribution in [0.5, 0.6) is 0 Å². The van der Waals surface area contributed by atoms with Gasteiger partial charge in [-0.05, 0) is 65.3 Å². The molecule has 2 atom stereocenters. The Morgan fingerprint density at radius 2 is 1.96 bits per heavy atom. The standard InChI is InChI=1S/C20H28N4O/c1-13-7-5-6-10-24(13)14(2)12-21-20(25)17-8-9-18-19(11-17)23-16(4)15(3)22-18/h8-9,11,13-14H,5-7,10,12H2,1-4H3,(H,21,25)/t13-,14+/m0/s1. The number of carbonyl (C=O) groups excluding carboxylic acids is 1. The Hall–Kier alpha value is -2.01. The topological polar surface area (TPSA) is 58.1 Å². The number of piperidine rings is 1. The summed E-state index contributed by atoms with van der Waals surface area (Å²) in [5.41, 5.74) is 4.07. The monoisotopic (exact) mass is 340 g/mol. The summed E-state index contributed by atoms with van der Waals surface area (Å²) in [4.78, 5) is 24.1. The second-order valence-corrected chi connectivity index (χ2v) is 7.24. The molecule has 0 aliphatic carbocycles. The number of likely N-dealkylation sites (tertiary alicyclic amines) is 1. The van der Waals surface area contributed by atoms with Crippen LogP contribution in [0.3, 0.4) is 0 Å². The molecule has 3 rings (SSSR count). The number of rotatable bonds is 4. The number of hydrogen-bond donors (Lipinski definition) is 1. The zero-order valence-corrected chi connectivity index (χ0v) is 15.7. The molecule has 1 aliphatic rings. The summed E-state index contributed by atoms with van der Waals surface area (Å²) >= 11 is 0. The Morgan fingerprint density at radius 1 is 1.24 bits per heavy atom. The number of nitrogens with zero attached hydrogens (tertiary/aromatic N) is 3. The molecular formula is C20H28N4O. The summed E-state index contributed by atoms with van der Waals surface area (Å²) in [6.45, 7) is 10.2. The molecule has 2 aromatic rings. The highest BCUT2D eigenvalue weighted by atomic mass is 16.1. The van der Waals surface area contributed by atoms with Crippen LogP contribution in [0.25, 0.3) is 11.0 Å². The predicted molar refractivity (Wildman–Crippen MR) is 101 cm³/mol. The van der Waals surface area contributed by atoms with E-state index in [4.69, 9.17) is 0 Å². The fourth-order valence-electron chi connectivity index (χ4n) is 3.61. The molecule has 1 aromatic carbocycles. The Bertz CT molecular complexity index is 774. The lowest BCUT2D eigenvalue weighted by molar-refractivity contribution is 0.0886. The van der Waals surface area contributed by atoms with E-state index in [1.165, 1.54) is 19.3 Å². The van der Waals surface area contributed by atoms with Gasteiger partial charge < -0.3 is 5.32 Å². The van der Waals surface area contributed by atoms with E-state index in [0.29, 0.717) is 24.2 Å². The first-order valence-electron chi connectivity index (χ1n) is 9.24. The average Bonchev–Trinajstić information content (AvgIpc) is 2.60. The van der Waals surface area contributed by atoms with Crippen LogP contribution in [-0.2, 0) is 0 Å². The van der Waals surface area contributed by atoms with Crippen LogP contribution < -0.4 is 5.32 Å². The lowest BCUT2D eigenvalue weighted by atomic mass is 10.0. The molecule has 0 saturated carbocycles. The summed E-state index contributed by atoms with van der Waals surface area (Å²) in [5.74, 6) is -0.0431. The van der Waals surface area contributed by atoms with Gasteiger partial charge in [-0.2, -0.15) is 0 Å². The van der Waals surface area contributed by atoms with Gasteiger partial charge in [0.15, 0.2) is 0 Å². The number of amides is 1. The summed E-state index contributed by atoms with van der Waals surface area (Å²) in [7, 11) is 0. The molecule has 0 radical (unpaired) electrons. The first-order valence-corrected chi connectivity index (χ1v) is 9.24. The SMILES string of the molecule is Cc1nc2ccc(C(=O)NC[C@@H](C)N3CCCC[C@@H]3C)cc2nc1C. The Kier molecular flexibility index (Phi) is 5.33. The summed E-state index contributed by atoms with van der Waals surface area (Å²) in [5, 5.41) is 3.08. The van der Waals surface area contributed by atoms with Gasteiger partial charge >= 0.3 is 0 Å². The smallest absolute Gasteiger partial charge is 0.251 e. The fraction of sp³-hybridized carbons (Fsp3) is 0.550. The highest BCUT2D eigenvalue weighted by molar-refractivity contribution is 5.97. The molecule has 1 aromatic heterocycles. The van der Waals surface area contributed by atoms with E-state index >= 15 is 0 Å². The van der Waals surface area contributed by atoms with Crippen molar-refractivity contribution < 1.29 is 4.79 Å². The number of aromatic nitrogens is 2. The van der Waals surface area contributed by atoms with Crippen LogP contribution in [0.2, 0.25) is 0 Å². The van der Waals surface area contributed by atoms with Gasteiger partial charge in [-0.15, -0.1) is 0 Å². The number of fused-ring (bicyclic) bond motifs is 1. The molecule has 1 aliphatic heterocycles.